The molecule has 0 spiro atoms. The molecule has 3 atom stereocenters. The van der Waals surface area contributed by atoms with E-state index in [1.54, 1.807) is 18.0 Å². The molecule has 242 valence electrons. The van der Waals surface area contributed by atoms with Gasteiger partial charge in [-0.3, -0.25) is 9.59 Å². The molecule has 1 aliphatic heterocycles. The standard InChI is InChI=1S/C36H41N3O6S/c1-39-20-19-37-36(39)46-24-30-21-32(27-13-11-25(23-40)12-14-27)45-35(44-30)28-17-15-26(16-18-28)31-8-6-5-7-29(31)22-38-33(41)9-3-2-4-10-34(42)43/h5-8,11-20,30,32,35,40H,2-4,9-10,21-24H2,1H3,(H,38,41)(H,42,43)/t30-,32+,35+/m1/s1. The molecule has 1 aliphatic rings. The van der Waals surface area contributed by atoms with Gasteiger partial charge in [-0.15, -0.1) is 0 Å². The Labute approximate surface area is 274 Å². The van der Waals surface area contributed by atoms with Crippen molar-refractivity contribution < 1.29 is 29.3 Å². The number of carbonyl (C=O) groups is 2. The van der Waals surface area contributed by atoms with E-state index < -0.39 is 12.3 Å². The van der Waals surface area contributed by atoms with Crippen molar-refractivity contribution in [3.8, 4) is 11.1 Å². The van der Waals surface area contributed by atoms with Gasteiger partial charge in [-0.2, -0.15) is 0 Å². The topological polar surface area (TPSA) is 123 Å². The quantitative estimate of drug-likeness (QED) is 0.0983. The Bertz CT molecular complexity index is 1570. The van der Waals surface area contributed by atoms with Gasteiger partial charge < -0.3 is 29.6 Å². The van der Waals surface area contributed by atoms with Gasteiger partial charge in [0, 0.05) is 56.6 Å². The van der Waals surface area contributed by atoms with Crippen LogP contribution in [-0.4, -0.2) is 43.5 Å². The second-order valence-electron chi connectivity index (χ2n) is 11.5. The predicted molar refractivity (Wildman–Crippen MR) is 177 cm³/mol. The fraction of sp³-hybridized carbons (Fsp3) is 0.361. The van der Waals surface area contributed by atoms with Gasteiger partial charge in [-0.1, -0.05) is 91.0 Å². The minimum absolute atomic E-state index is 0.00149. The van der Waals surface area contributed by atoms with E-state index in [4.69, 9.17) is 14.6 Å². The van der Waals surface area contributed by atoms with Crippen molar-refractivity contribution in [2.45, 2.75) is 75.3 Å². The molecular weight excluding hydrogens is 602 g/mol. The van der Waals surface area contributed by atoms with E-state index in [0.717, 1.165) is 50.7 Å². The number of carbonyl (C=O) groups excluding carboxylic acids is 1. The van der Waals surface area contributed by atoms with Gasteiger partial charge in [0.1, 0.15) is 0 Å². The molecule has 4 aromatic rings. The number of carboxylic acid groups (broad SMARTS) is 1. The van der Waals surface area contributed by atoms with Crippen LogP contribution >= 0.6 is 11.8 Å². The van der Waals surface area contributed by atoms with Crippen LogP contribution < -0.4 is 5.32 Å². The third kappa shape index (κ3) is 9.29. The van der Waals surface area contributed by atoms with Crippen molar-refractivity contribution in [2.75, 3.05) is 5.75 Å². The van der Waals surface area contributed by atoms with Crippen molar-refractivity contribution >= 4 is 23.6 Å². The molecule has 2 heterocycles. The van der Waals surface area contributed by atoms with Crippen molar-refractivity contribution in [3.63, 3.8) is 0 Å². The lowest BCUT2D eigenvalue weighted by atomic mass is 9.97. The van der Waals surface area contributed by atoms with E-state index in [9.17, 15) is 14.7 Å². The summed E-state index contributed by atoms with van der Waals surface area (Å²) in [6, 6.07) is 24.1. The number of thioether (sulfide) groups is 1. The lowest BCUT2D eigenvalue weighted by molar-refractivity contribution is -0.245. The number of nitrogens with zero attached hydrogens (tertiary/aromatic N) is 2. The summed E-state index contributed by atoms with van der Waals surface area (Å²) in [6.07, 6.45) is 6.14. The minimum atomic E-state index is -0.804. The third-order valence-corrected chi connectivity index (χ3v) is 9.26. The predicted octanol–water partition coefficient (Wildman–Crippen LogP) is 6.57. The summed E-state index contributed by atoms with van der Waals surface area (Å²) in [4.78, 5) is 27.5. The Morgan fingerprint density at radius 3 is 2.41 bits per heavy atom. The number of rotatable bonds is 15. The number of amides is 1. The molecule has 1 aromatic heterocycles. The molecule has 1 fully saturated rings. The number of unbranched alkanes of at least 4 members (excludes halogenated alkanes) is 2. The van der Waals surface area contributed by atoms with E-state index in [-0.39, 0.29) is 31.1 Å². The first-order chi connectivity index (χ1) is 22.4. The Balaban J connectivity index is 1.25. The summed E-state index contributed by atoms with van der Waals surface area (Å²) >= 11 is 1.66. The van der Waals surface area contributed by atoms with E-state index >= 15 is 0 Å². The molecule has 3 aromatic carbocycles. The number of nitrogens with one attached hydrogen (secondary N) is 1. The maximum absolute atomic E-state index is 12.4. The molecule has 5 rings (SSSR count). The number of aliphatic hydroxyl groups is 1. The van der Waals surface area contributed by atoms with Gasteiger partial charge in [-0.05, 0) is 40.7 Å². The maximum Gasteiger partial charge on any atom is 0.303 e. The van der Waals surface area contributed by atoms with Gasteiger partial charge >= 0.3 is 5.97 Å². The third-order valence-electron chi connectivity index (χ3n) is 8.07. The number of aliphatic hydroxyl groups excluding tert-OH is 1. The number of aromatic nitrogens is 2. The summed E-state index contributed by atoms with van der Waals surface area (Å²) in [5.74, 6) is -0.111. The second-order valence-corrected chi connectivity index (χ2v) is 12.5. The minimum Gasteiger partial charge on any atom is -0.481 e. The molecule has 9 nitrogen and oxygen atoms in total. The van der Waals surface area contributed by atoms with Gasteiger partial charge in [0.2, 0.25) is 5.91 Å². The van der Waals surface area contributed by atoms with E-state index in [1.807, 2.05) is 78.5 Å². The molecule has 0 radical (unpaired) electrons. The molecule has 0 unspecified atom stereocenters. The first kappa shape index (κ1) is 33.4. The fourth-order valence-electron chi connectivity index (χ4n) is 5.48. The SMILES string of the molecule is Cn1ccnc1SC[C@H]1C[C@@H](c2ccc(CO)cc2)O[C@@H](c2ccc(-c3ccccc3CNC(=O)CCCCCC(=O)O)cc2)O1. The first-order valence-electron chi connectivity index (χ1n) is 15.7. The summed E-state index contributed by atoms with van der Waals surface area (Å²) < 4.78 is 15.0. The van der Waals surface area contributed by atoms with Crippen LogP contribution in [-0.2, 0) is 39.3 Å². The number of hydrogen-bond donors (Lipinski definition) is 3. The van der Waals surface area contributed by atoms with E-state index in [0.29, 0.717) is 32.2 Å². The highest BCUT2D eigenvalue weighted by Crippen LogP contribution is 2.40. The van der Waals surface area contributed by atoms with Crippen molar-refractivity contribution in [1.82, 2.24) is 14.9 Å². The Morgan fingerprint density at radius 2 is 1.70 bits per heavy atom. The highest BCUT2D eigenvalue weighted by Gasteiger charge is 2.32. The number of ether oxygens (including phenoxy) is 2. The van der Waals surface area contributed by atoms with Crippen LogP contribution in [0.3, 0.4) is 0 Å². The highest BCUT2D eigenvalue weighted by molar-refractivity contribution is 7.99. The monoisotopic (exact) mass is 643 g/mol. The van der Waals surface area contributed by atoms with Crippen molar-refractivity contribution in [3.05, 3.63) is 107 Å². The first-order valence-corrected chi connectivity index (χ1v) is 16.7. The second kappa shape index (κ2) is 16.6. The Hall–Kier alpha value is -3.96. The zero-order chi connectivity index (χ0) is 32.3. The number of aliphatic carboxylic acids is 1. The lowest BCUT2D eigenvalue weighted by Gasteiger charge is -2.36. The average Bonchev–Trinajstić information content (AvgIpc) is 3.50. The zero-order valence-electron chi connectivity index (χ0n) is 26.0. The summed E-state index contributed by atoms with van der Waals surface area (Å²) in [7, 11) is 1.98. The molecule has 46 heavy (non-hydrogen) atoms. The van der Waals surface area contributed by atoms with Crippen LogP contribution in [0.2, 0.25) is 0 Å². The van der Waals surface area contributed by atoms with Crippen LogP contribution in [0.25, 0.3) is 11.1 Å². The zero-order valence-corrected chi connectivity index (χ0v) is 26.8. The van der Waals surface area contributed by atoms with Crippen molar-refractivity contribution in [1.29, 1.82) is 0 Å². The highest BCUT2D eigenvalue weighted by atomic mass is 32.2. The summed E-state index contributed by atoms with van der Waals surface area (Å²) in [6.45, 7) is 0.408. The number of aryl methyl sites for hydroxylation is 1. The van der Waals surface area contributed by atoms with Crippen molar-refractivity contribution in [2.24, 2.45) is 7.05 Å². The number of imidazole rings is 1. The molecule has 3 N–H and O–H groups in total. The van der Waals surface area contributed by atoms with E-state index in [1.165, 1.54) is 0 Å². The van der Waals surface area contributed by atoms with Crippen LogP contribution in [0.1, 0.15) is 73.2 Å². The maximum atomic E-state index is 12.4. The summed E-state index contributed by atoms with van der Waals surface area (Å²) in [5, 5.41) is 22.2. The largest absolute Gasteiger partial charge is 0.481 e. The van der Waals surface area contributed by atoms with Gasteiger partial charge in [0.25, 0.3) is 0 Å². The molecule has 10 heteroatoms. The van der Waals surface area contributed by atoms with Crippen LogP contribution in [0.4, 0.5) is 0 Å². The Kier molecular flexibility index (Phi) is 12.0. The van der Waals surface area contributed by atoms with Crippen LogP contribution in [0, 0.1) is 0 Å². The molecule has 0 bridgehead atoms. The van der Waals surface area contributed by atoms with Crippen LogP contribution in [0.15, 0.2) is 90.3 Å². The normalized spacial score (nSPS) is 17.9. The number of hydrogen-bond acceptors (Lipinski definition) is 7. The van der Waals surface area contributed by atoms with Gasteiger partial charge in [0.05, 0.1) is 18.8 Å². The molecule has 1 amide bonds. The van der Waals surface area contributed by atoms with Crippen LogP contribution in [0.5, 0.6) is 0 Å². The fourth-order valence-corrected chi connectivity index (χ4v) is 6.43. The average molecular weight is 644 g/mol. The van der Waals surface area contributed by atoms with E-state index in [2.05, 4.69) is 22.4 Å². The molecule has 0 saturated carbocycles. The Morgan fingerprint density at radius 1 is 0.957 bits per heavy atom. The molecule has 0 aliphatic carbocycles. The molecule has 1 saturated heterocycles. The smallest absolute Gasteiger partial charge is 0.303 e. The lowest BCUT2D eigenvalue weighted by Crippen LogP contribution is -2.31. The molecular formula is C36H41N3O6S. The summed E-state index contributed by atoms with van der Waals surface area (Å²) in [5.41, 5.74) is 5.89. The van der Waals surface area contributed by atoms with Gasteiger partial charge in [-0.25, -0.2) is 4.98 Å². The number of benzene rings is 3. The van der Waals surface area contributed by atoms with Gasteiger partial charge in [0.15, 0.2) is 11.4 Å². The number of carboxylic acids is 1.